The lowest BCUT2D eigenvalue weighted by atomic mass is 9.39. The molecule has 2 saturated carbocycles. The minimum Gasteiger partial charge on any atom is -0.472 e. The maximum absolute atomic E-state index is 14.1. The predicted molar refractivity (Wildman–Crippen MR) is 131 cm³/mol. The van der Waals surface area contributed by atoms with E-state index in [1.165, 1.54) is 14.0 Å². The average molecular weight is 513 g/mol. The molecule has 3 fully saturated rings. The van der Waals surface area contributed by atoms with Crippen molar-refractivity contribution in [1.29, 1.82) is 0 Å². The zero-order valence-electron chi connectivity index (χ0n) is 22.3. The van der Waals surface area contributed by atoms with Gasteiger partial charge in [-0.15, -0.1) is 0 Å². The van der Waals surface area contributed by atoms with Gasteiger partial charge in [0, 0.05) is 22.3 Å². The molecule has 8 unspecified atom stereocenters. The average Bonchev–Trinajstić information content (AvgIpc) is 3.37. The van der Waals surface area contributed by atoms with Crippen LogP contribution >= 0.6 is 0 Å². The standard InChI is InChI=1S/C29H36O8/c1-14(30)21(26(34)35-6)22-27(2,3)23(32)17-11-16-18(29(22,5)24(17)33)7-9-28(4)19(16)12-20(31)37-25(28)15-8-10-36-13-15/h8,10,13,17-18,21-23,25,32H,7,9,11-12H2,1-6H3. The summed E-state index contributed by atoms with van der Waals surface area (Å²) >= 11 is 0. The topological polar surface area (TPSA) is 120 Å². The molecule has 1 saturated heterocycles. The molecule has 2 heterocycles. The van der Waals surface area contributed by atoms with Crippen LogP contribution in [0, 0.1) is 39.9 Å². The highest BCUT2D eigenvalue weighted by molar-refractivity contribution is 6.00. The van der Waals surface area contributed by atoms with Crippen LogP contribution in [0.4, 0.5) is 0 Å². The Hall–Kier alpha value is -2.74. The van der Waals surface area contributed by atoms with E-state index in [0.717, 1.165) is 16.7 Å². The number of fused-ring (bicyclic) bond motifs is 5. The van der Waals surface area contributed by atoms with Crippen LogP contribution in [0.1, 0.15) is 72.0 Å². The maximum atomic E-state index is 14.1. The minimum atomic E-state index is -1.18. The highest BCUT2D eigenvalue weighted by atomic mass is 16.5. The molecule has 1 N–H and O–H groups in total. The number of allylic oxidation sites excluding steroid dienone is 1. The summed E-state index contributed by atoms with van der Waals surface area (Å²) in [6.07, 6.45) is 3.34. The fraction of sp³-hybridized carbons (Fsp3) is 0.655. The summed E-state index contributed by atoms with van der Waals surface area (Å²) in [4.78, 5) is 52.9. The van der Waals surface area contributed by atoms with Gasteiger partial charge in [-0.25, -0.2) is 0 Å². The molecule has 2 bridgehead atoms. The van der Waals surface area contributed by atoms with Gasteiger partial charge >= 0.3 is 11.9 Å². The zero-order chi connectivity index (χ0) is 27.1. The minimum absolute atomic E-state index is 0.109. The summed E-state index contributed by atoms with van der Waals surface area (Å²) in [5.41, 5.74) is 0.251. The second kappa shape index (κ2) is 8.38. The van der Waals surface area contributed by atoms with Gasteiger partial charge in [-0.1, -0.05) is 33.3 Å². The van der Waals surface area contributed by atoms with E-state index in [0.29, 0.717) is 19.3 Å². The first-order chi connectivity index (χ1) is 17.3. The third-order valence-electron chi connectivity index (χ3n) is 10.3. The Morgan fingerprint density at radius 2 is 1.89 bits per heavy atom. The lowest BCUT2D eigenvalue weighted by Gasteiger charge is -2.64. The number of furan rings is 1. The molecule has 3 aliphatic carbocycles. The van der Waals surface area contributed by atoms with Gasteiger partial charge in [0.05, 0.1) is 32.2 Å². The monoisotopic (exact) mass is 512 g/mol. The SMILES string of the molecule is COC(=O)C(C(C)=O)C1C(C)(C)C(O)C2CC3=C4CC(=O)OC(c5ccoc5)C4(C)CCC3C1(C)C2=O. The van der Waals surface area contributed by atoms with Crippen molar-refractivity contribution in [2.45, 2.75) is 72.5 Å². The summed E-state index contributed by atoms with van der Waals surface area (Å²) in [7, 11) is 1.24. The summed E-state index contributed by atoms with van der Waals surface area (Å²) in [5.74, 6) is -4.43. The third-order valence-corrected chi connectivity index (χ3v) is 10.3. The first kappa shape index (κ1) is 25.9. The molecule has 0 spiro atoms. The van der Waals surface area contributed by atoms with Crippen LogP contribution in [0.5, 0.6) is 0 Å². The van der Waals surface area contributed by atoms with Crippen LogP contribution in [0.3, 0.4) is 0 Å². The van der Waals surface area contributed by atoms with E-state index in [9.17, 15) is 24.3 Å². The van der Waals surface area contributed by atoms with Crippen molar-refractivity contribution in [3.05, 3.63) is 35.3 Å². The van der Waals surface area contributed by atoms with Crippen molar-refractivity contribution in [1.82, 2.24) is 0 Å². The highest BCUT2D eigenvalue weighted by Crippen LogP contribution is 2.68. The number of ketones is 2. The predicted octanol–water partition coefficient (Wildman–Crippen LogP) is 3.97. The van der Waals surface area contributed by atoms with Crippen LogP contribution in [0.15, 0.2) is 34.2 Å². The van der Waals surface area contributed by atoms with Crippen molar-refractivity contribution >= 4 is 23.5 Å². The lowest BCUT2D eigenvalue weighted by Crippen LogP contribution is -2.68. The Balaban J connectivity index is 1.72. The fourth-order valence-corrected chi connectivity index (χ4v) is 8.63. The van der Waals surface area contributed by atoms with Crippen LogP contribution in [-0.2, 0) is 28.7 Å². The molecule has 1 aromatic rings. The van der Waals surface area contributed by atoms with Gasteiger partial charge in [0.1, 0.15) is 23.6 Å². The van der Waals surface area contributed by atoms with Gasteiger partial charge in [0.25, 0.3) is 0 Å². The molecule has 37 heavy (non-hydrogen) atoms. The molecule has 8 nitrogen and oxygen atoms in total. The molecule has 0 aromatic carbocycles. The van der Waals surface area contributed by atoms with E-state index in [2.05, 4.69) is 6.92 Å². The van der Waals surface area contributed by atoms with Gasteiger partial charge in [0.2, 0.25) is 0 Å². The molecule has 5 rings (SSSR count). The number of ether oxygens (including phenoxy) is 2. The van der Waals surface area contributed by atoms with Crippen LogP contribution in [-0.4, -0.2) is 41.8 Å². The van der Waals surface area contributed by atoms with Crippen molar-refractivity contribution in [2.75, 3.05) is 7.11 Å². The molecule has 8 heteroatoms. The van der Waals surface area contributed by atoms with E-state index < -0.39 is 52.2 Å². The number of aliphatic hydroxyl groups is 1. The molecule has 200 valence electrons. The highest BCUT2D eigenvalue weighted by Gasteiger charge is 2.70. The molecule has 1 aliphatic heterocycles. The molecular weight excluding hydrogens is 476 g/mol. The maximum Gasteiger partial charge on any atom is 0.316 e. The van der Waals surface area contributed by atoms with Gasteiger partial charge < -0.3 is 19.0 Å². The second-order valence-electron chi connectivity index (χ2n) is 12.4. The van der Waals surface area contributed by atoms with Crippen molar-refractivity contribution in [3.63, 3.8) is 0 Å². The number of hydrogen-bond acceptors (Lipinski definition) is 8. The number of esters is 2. The number of methoxy groups -OCH3 is 1. The smallest absolute Gasteiger partial charge is 0.316 e. The van der Waals surface area contributed by atoms with E-state index in [1.807, 2.05) is 20.8 Å². The first-order valence-corrected chi connectivity index (χ1v) is 13.0. The number of aliphatic hydroxyl groups excluding tert-OH is 1. The largest absolute Gasteiger partial charge is 0.472 e. The lowest BCUT2D eigenvalue weighted by molar-refractivity contribution is -0.195. The zero-order valence-corrected chi connectivity index (χ0v) is 22.3. The Bertz CT molecular complexity index is 1190. The summed E-state index contributed by atoms with van der Waals surface area (Å²) in [6, 6.07) is 1.81. The fourth-order valence-electron chi connectivity index (χ4n) is 8.63. The van der Waals surface area contributed by atoms with Gasteiger partial charge in [-0.2, -0.15) is 0 Å². The van der Waals surface area contributed by atoms with E-state index in [1.54, 1.807) is 18.6 Å². The van der Waals surface area contributed by atoms with Gasteiger partial charge in [0.15, 0.2) is 0 Å². The van der Waals surface area contributed by atoms with Crippen LogP contribution in [0.2, 0.25) is 0 Å². The number of rotatable bonds is 4. The summed E-state index contributed by atoms with van der Waals surface area (Å²) in [6.45, 7) is 8.99. The third kappa shape index (κ3) is 3.37. The number of carbonyl (C=O) groups is 4. The quantitative estimate of drug-likeness (QED) is 0.366. The number of cyclic esters (lactones) is 1. The van der Waals surface area contributed by atoms with Crippen molar-refractivity contribution < 1.29 is 38.2 Å². The number of carbonyl (C=O) groups excluding carboxylic acids is 4. The van der Waals surface area contributed by atoms with Gasteiger partial charge in [-0.05, 0) is 55.1 Å². The van der Waals surface area contributed by atoms with Gasteiger partial charge in [-0.3, -0.25) is 19.2 Å². The van der Waals surface area contributed by atoms with Crippen molar-refractivity contribution in [2.24, 2.45) is 39.9 Å². The van der Waals surface area contributed by atoms with Crippen LogP contribution in [0.25, 0.3) is 0 Å². The number of Topliss-reactive ketones (excluding diaryl/α,β-unsaturated/α-hetero) is 2. The Morgan fingerprint density at radius 3 is 2.49 bits per heavy atom. The number of hydrogen-bond donors (Lipinski definition) is 1. The van der Waals surface area contributed by atoms with E-state index in [-0.39, 0.29) is 29.9 Å². The van der Waals surface area contributed by atoms with Crippen LogP contribution < -0.4 is 0 Å². The summed E-state index contributed by atoms with van der Waals surface area (Å²) < 4.78 is 16.2. The second-order valence-corrected chi connectivity index (χ2v) is 12.4. The molecule has 0 radical (unpaired) electrons. The molecule has 1 aromatic heterocycles. The van der Waals surface area contributed by atoms with E-state index in [4.69, 9.17) is 13.9 Å². The molecule has 0 amide bonds. The Labute approximate surface area is 216 Å². The molecular formula is C29H36O8. The normalized spacial score (nSPS) is 39.3. The molecule has 8 atom stereocenters. The first-order valence-electron chi connectivity index (χ1n) is 13.0. The van der Waals surface area contributed by atoms with E-state index >= 15 is 0 Å². The summed E-state index contributed by atoms with van der Waals surface area (Å²) in [5, 5.41) is 11.6. The Kier molecular flexibility index (Phi) is 5.87. The molecule has 4 aliphatic rings. The Morgan fingerprint density at radius 1 is 1.19 bits per heavy atom. The van der Waals surface area contributed by atoms with Crippen molar-refractivity contribution in [3.8, 4) is 0 Å².